The molecule has 0 amide bonds. The van der Waals surface area contributed by atoms with Crippen LogP contribution in [0.1, 0.15) is 11.6 Å². The number of nitrogens with one attached hydrogen (secondary N) is 1. The van der Waals surface area contributed by atoms with Crippen LogP contribution < -0.4 is 10.1 Å². The van der Waals surface area contributed by atoms with Crippen LogP contribution in [0.25, 0.3) is 10.9 Å². The summed E-state index contributed by atoms with van der Waals surface area (Å²) in [5, 5.41) is 4.50. The number of anilines is 1. The van der Waals surface area contributed by atoms with Crippen molar-refractivity contribution in [1.29, 1.82) is 0 Å². The number of para-hydroxylation sites is 1. The number of nitrogens with zero attached hydrogens (tertiary/aromatic N) is 3. The quantitative estimate of drug-likeness (QED) is 0.754. The highest BCUT2D eigenvalue weighted by Crippen LogP contribution is 2.24. The molecule has 3 aromatic rings. The van der Waals surface area contributed by atoms with Crippen LogP contribution in [-0.2, 0) is 0 Å². The first-order valence-corrected chi connectivity index (χ1v) is 7.93. The van der Waals surface area contributed by atoms with Gasteiger partial charge in [-0.05, 0) is 43.9 Å². The third-order valence-electron chi connectivity index (χ3n) is 4.11. The maximum Gasteiger partial charge on any atom is 0.137 e. The van der Waals surface area contributed by atoms with E-state index in [0.29, 0.717) is 0 Å². The first-order chi connectivity index (χ1) is 11.7. The molecule has 24 heavy (non-hydrogen) atoms. The number of methoxy groups -OCH3 is 1. The topological polar surface area (TPSA) is 50.3 Å². The van der Waals surface area contributed by atoms with E-state index in [1.165, 1.54) is 5.56 Å². The highest BCUT2D eigenvalue weighted by molar-refractivity contribution is 5.88. The van der Waals surface area contributed by atoms with Gasteiger partial charge in [0.25, 0.3) is 0 Å². The zero-order valence-corrected chi connectivity index (χ0v) is 14.2. The van der Waals surface area contributed by atoms with Gasteiger partial charge in [0.2, 0.25) is 0 Å². The number of fused-ring (bicyclic) bond motifs is 1. The fourth-order valence-corrected chi connectivity index (χ4v) is 2.79. The predicted octanol–water partition coefficient (Wildman–Crippen LogP) is 3.35. The monoisotopic (exact) mass is 322 g/mol. The van der Waals surface area contributed by atoms with Crippen molar-refractivity contribution in [2.45, 2.75) is 6.04 Å². The molecule has 0 saturated carbocycles. The smallest absolute Gasteiger partial charge is 0.137 e. The molecule has 0 aliphatic rings. The molecule has 0 bridgehead atoms. The van der Waals surface area contributed by atoms with E-state index in [1.807, 2.05) is 36.4 Å². The van der Waals surface area contributed by atoms with Crippen molar-refractivity contribution in [2.75, 3.05) is 33.1 Å². The third kappa shape index (κ3) is 3.46. The van der Waals surface area contributed by atoms with Crippen molar-refractivity contribution in [3.8, 4) is 5.75 Å². The third-order valence-corrected chi connectivity index (χ3v) is 4.11. The molecule has 5 heteroatoms. The van der Waals surface area contributed by atoms with Crippen molar-refractivity contribution in [3.63, 3.8) is 0 Å². The van der Waals surface area contributed by atoms with Gasteiger partial charge in [0.1, 0.15) is 17.9 Å². The lowest BCUT2D eigenvalue weighted by molar-refractivity contribution is 0.310. The van der Waals surface area contributed by atoms with Gasteiger partial charge in [-0.1, -0.05) is 24.3 Å². The molecule has 1 heterocycles. The summed E-state index contributed by atoms with van der Waals surface area (Å²) < 4.78 is 5.35. The van der Waals surface area contributed by atoms with Crippen molar-refractivity contribution in [2.24, 2.45) is 0 Å². The van der Waals surface area contributed by atoms with Crippen LogP contribution >= 0.6 is 0 Å². The molecular weight excluding hydrogens is 300 g/mol. The van der Waals surface area contributed by atoms with Gasteiger partial charge in [-0.3, -0.25) is 0 Å². The van der Waals surface area contributed by atoms with Crippen molar-refractivity contribution in [3.05, 3.63) is 60.4 Å². The molecule has 0 spiro atoms. The van der Waals surface area contributed by atoms with Gasteiger partial charge in [0.05, 0.1) is 18.7 Å². The minimum Gasteiger partial charge on any atom is -0.497 e. The predicted molar refractivity (Wildman–Crippen MR) is 97.4 cm³/mol. The fraction of sp³-hybridized carbons (Fsp3) is 0.263. The summed E-state index contributed by atoms with van der Waals surface area (Å²) in [5.74, 6) is 1.72. The summed E-state index contributed by atoms with van der Waals surface area (Å²) in [6, 6.07) is 16.4. The van der Waals surface area contributed by atoms with Gasteiger partial charge >= 0.3 is 0 Å². The van der Waals surface area contributed by atoms with Crippen LogP contribution in [0.4, 0.5) is 5.82 Å². The molecular formula is C19H22N4O. The average molecular weight is 322 g/mol. The lowest BCUT2D eigenvalue weighted by atomic mass is 10.1. The first-order valence-electron chi connectivity index (χ1n) is 7.93. The van der Waals surface area contributed by atoms with Gasteiger partial charge in [-0.15, -0.1) is 0 Å². The average Bonchev–Trinajstić information content (AvgIpc) is 2.62. The van der Waals surface area contributed by atoms with Crippen molar-refractivity contribution >= 4 is 16.7 Å². The van der Waals surface area contributed by atoms with Crippen molar-refractivity contribution in [1.82, 2.24) is 14.9 Å². The number of rotatable bonds is 6. The molecule has 0 aliphatic heterocycles. The van der Waals surface area contributed by atoms with Crippen LogP contribution in [-0.4, -0.2) is 42.6 Å². The molecule has 0 saturated heterocycles. The molecule has 1 aromatic heterocycles. The summed E-state index contributed by atoms with van der Waals surface area (Å²) in [6.45, 7) is 0.737. The van der Waals surface area contributed by atoms with E-state index >= 15 is 0 Å². The maximum absolute atomic E-state index is 5.35. The Balaban J connectivity index is 1.83. The standard InChI is InChI=1S/C19H22N4O/c1-23(2)18(14-7-6-8-15(11-14)24-3)12-20-19-16-9-4-5-10-17(16)21-13-22-19/h4-11,13,18H,12H2,1-3H3,(H,20,21,22)/t18-/m1/s1. The van der Waals surface area contributed by atoms with Crippen LogP contribution in [0.2, 0.25) is 0 Å². The second-order valence-corrected chi connectivity index (χ2v) is 5.88. The van der Waals surface area contributed by atoms with Crippen molar-refractivity contribution < 1.29 is 4.74 Å². The number of hydrogen-bond acceptors (Lipinski definition) is 5. The SMILES string of the molecule is COc1cccc([C@@H](CNc2ncnc3ccccc23)N(C)C)c1. The zero-order valence-electron chi connectivity index (χ0n) is 14.2. The summed E-state index contributed by atoms with van der Waals surface area (Å²) in [5.41, 5.74) is 2.14. The Hall–Kier alpha value is -2.66. The second kappa shape index (κ2) is 7.27. The van der Waals surface area contributed by atoms with Crippen LogP contribution in [0.5, 0.6) is 5.75 Å². The second-order valence-electron chi connectivity index (χ2n) is 5.88. The summed E-state index contributed by atoms with van der Waals surface area (Å²) >= 11 is 0. The van der Waals surface area contributed by atoms with Gasteiger partial charge in [-0.25, -0.2) is 9.97 Å². The normalized spacial score (nSPS) is 12.3. The molecule has 2 aromatic carbocycles. The Morgan fingerprint density at radius 2 is 1.92 bits per heavy atom. The molecule has 1 atom stereocenters. The summed E-state index contributed by atoms with van der Waals surface area (Å²) in [7, 11) is 5.84. The highest BCUT2D eigenvalue weighted by atomic mass is 16.5. The number of ether oxygens (including phenoxy) is 1. The maximum atomic E-state index is 5.35. The Morgan fingerprint density at radius 1 is 1.08 bits per heavy atom. The molecule has 3 rings (SSSR count). The minimum atomic E-state index is 0.203. The van der Waals surface area contributed by atoms with E-state index in [0.717, 1.165) is 29.0 Å². The van der Waals surface area contributed by atoms with E-state index in [2.05, 4.69) is 46.4 Å². The Bertz CT molecular complexity index is 814. The molecule has 1 N–H and O–H groups in total. The van der Waals surface area contributed by atoms with E-state index in [1.54, 1.807) is 13.4 Å². The summed E-state index contributed by atoms with van der Waals surface area (Å²) in [6.07, 6.45) is 1.60. The molecule has 0 radical (unpaired) electrons. The number of hydrogen-bond donors (Lipinski definition) is 1. The van der Waals surface area contributed by atoms with Gasteiger partial charge in [-0.2, -0.15) is 0 Å². The van der Waals surface area contributed by atoms with Gasteiger partial charge < -0.3 is 15.0 Å². The number of benzene rings is 2. The van der Waals surface area contributed by atoms with Gasteiger partial charge in [0, 0.05) is 11.9 Å². The van der Waals surface area contributed by atoms with Crippen LogP contribution in [0, 0.1) is 0 Å². The highest BCUT2D eigenvalue weighted by Gasteiger charge is 2.15. The van der Waals surface area contributed by atoms with E-state index < -0.39 is 0 Å². The Kier molecular flexibility index (Phi) is 4.91. The minimum absolute atomic E-state index is 0.203. The molecule has 5 nitrogen and oxygen atoms in total. The first kappa shape index (κ1) is 16.2. The fourth-order valence-electron chi connectivity index (χ4n) is 2.79. The number of aromatic nitrogens is 2. The molecule has 0 fully saturated rings. The van der Waals surface area contributed by atoms with Crippen LogP contribution in [0.15, 0.2) is 54.9 Å². The summed E-state index contributed by atoms with van der Waals surface area (Å²) in [4.78, 5) is 10.9. The van der Waals surface area contributed by atoms with E-state index in [9.17, 15) is 0 Å². The largest absolute Gasteiger partial charge is 0.497 e. The number of likely N-dealkylation sites (N-methyl/N-ethyl adjacent to an activating group) is 1. The van der Waals surface area contributed by atoms with E-state index in [-0.39, 0.29) is 6.04 Å². The van der Waals surface area contributed by atoms with Crippen LogP contribution in [0.3, 0.4) is 0 Å². The van der Waals surface area contributed by atoms with Gasteiger partial charge in [0.15, 0.2) is 0 Å². The van der Waals surface area contributed by atoms with E-state index in [4.69, 9.17) is 4.74 Å². The molecule has 0 unspecified atom stereocenters. The zero-order chi connectivity index (χ0) is 16.9. The molecule has 0 aliphatic carbocycles. The Labute approximate surface area is 142 Å². The Morgan fingerprint density at radius 3 is 2.71 bits per heavy atom. The lowest BCUT2D eigenvalue weighted by Gasteiger charge is -2.26. The molecule has 124 valence electrons. The lowest BCUT2D eigenvalue weighted by Crippen LogP contribution is -2.27.